The molecular formula is C23H28O3. The van der Waals surface area contributed by atoms with E-state index in [2.05, 4.69) is 13.8 Å². The van der Waals surface area contributed by atoms with Crippen molar-refractivity contribution in [3.8, 4) is 0 Å². The number of carbonyl (C=O) groups excluding carboxylic acids is 2. The van der Waals surface area contributed by atoms with Crippen LogP contribution in [0.2, 0.25) is 0 Å². The number of aryl methyl sites for hydroxylation is 2. The van der Waals surface area contributed by atoms with Crippen LogP contribution >= 0.6 is 0 Å². The summed E-state index contributed by atoms with van der Waals surface area (Å²) in [5.74, 6) is -0.168. The van der Waals surface area contributed by atoms with E-state index in [1.54, 1.807) is 12.1 Å². The van der Waals surface area contributed by atoms with Gasteiger partial charge in [0.05, 0.1) is 5.56 Å². The van der Waals surface area contributed by atoms with E-state index < -0.39 is 5.97 Å². The van der Waals surface area contributed by atoms with Gasteiger partial charge in [0.2, 0.25) is 5.78 Å². The minimum Gasteiger partial charge on any atom is -0.454 e. The average Bonchev–Trinajstić information content (AvgIpc) is 2.63. The quantitative estimate of drug-likeness (QED) is 0.511. The second-order valence-electron chi connectivity index (χ2n) is 7.07. The van der Waals surface area contributed by atoms with E-state index in [-0.39, 0.29) is 12.4 Å². The highest BCUT2D eigenvalue weighted by Crippen LogP contribution is 2.22. The van der Waals surface area contributed by atoms with Crippen molar-refractivity contribution in [2.24, 2.45) is 0 Å². The molecular weight excluding hydrogens is 324 g/mol. The Labute approximate surface area is 156 Å². The molecule has 0 saturated carbocycles. The first-order valence-electron chi connectivity index (χ1n) is 9.13. The standard InChI is InChI=1S/C23H28O3/c1-7-14(2)19-8-10-20(11-9-19)23(25)26-13-21(24)22-16(4)12-15(3)17(5)18(22)6/h8-12,14H,7,13H2,1-6H3. The Bertz CT molecular complexity index is 816. The number of Topliss-reactive ketones (excluding diaryl/α,β-unsaturated/α-hetero) is 1. The molecule has 0 aliphatic rings. The van der Waals surface area contributed by atoms with Crippen LogP contribution in [0.1, 0.15) is 74.7 Å². The molecule has 0 saturated heterocycles. The Hall–Kier alpha value is -2.42. The third-order valence-corrected chi connectivity index (χ3v) is 5.30. The summed E-state index contributed by atoms with van der Waals surface area (Å²) in [5, 5.41) is 0. The lowest BCUT2D eigenvalue weighted by Gasteiger charge is -2.14. The molecule has 2 aromatic carbocycles. The Morgan fingerprint density at radius 3 is 2.15 bits per heavy atom. The van der Waals surface area contributed by atoms with Gasteiger partial charge in [0, 0.05) is 5.56 Å². The lowest BCUT2D eigenvalue weighted by atomic mass is 9.92. The van der Waals surface area contributed by atoms with Crippen LogP contribution in [-0.4, -0.2) is 18.4 Å². The predicted molar refractivity (Wildman–Crippen MR) is 105 cm³/mol. The molecule has 138 valence electrons. The molecule has 0 fully saturated rings. The first-order chi connectivity index (χ1) is 12.3. The van der Waals surface area contributed by atoms with Crippen LogP contribution in [-0.2, 0) is 4.74 Å². The molecule has 0 bridgehead atoms. The van der Waals surface area contributed by atoms with Crippen molar-refractivity contribution in [2.75, 3.05) is 6.61 Å². The summed E-state index contributed by atoms with van der Waals surface area (Å²) in [6.07, 6.45) is 1.05. The van der Waals surface area contributed by atoms with Gasteiger partial charge in [-0.05, 0) is 80.0 Å². The Morgan fingerprint density at radius 2 is 1.58 bits per heavy atom. The fraction of sp³-hybridized carbons (Fsp3) is 0.391. The first kappa shape index (κ1) is 19.9. The Balaban J connectivity index is 2.08. The highest BCUT2D eigenvalue weighted by atomic mass is 16.5. The lowest BCUT2D eigenvalue weighted by molar-refractivity contribution is 0.0474. The maximum atomic E-state index is 12.6. The molecule has 0 radical (unpaired) electrons. The maximum absolute atomic E-state index is 12.6. The van der Waals surface area contributed by atoms with Gasteiger partial charge < -0.3 is 4.74 Å². The van der Waals surface area contributed by atoms with Crippen LogP contribution in [0.3, 0.4) is 0 Å². The van der Waals surface area contributed by atoms with Gasteiger partial charge in [-0.3, -0.25) is 4.79 Å². The average molecular weight is 352 g/mol. The zero-order valence-electron chi connectivity index (χ0n) is 16.6. The number of rotatable bonds is 6. The van der Waals surface area contributed by atoms with E-state index in [1.807, 2.05) is 45.9 Å². The van der Waals surface area contributed by atoms with Gasteiger partial charge in [-0.2, -0.15) is 0 Å². The highest BCUT2D eigenvalue weighted by Gasteiger charge is 2.18. The zero-order chi connectivity index (χ0) is 19.4. The van der Waals surface area contributed by atoms with Gasteiger partial charge in [0.15, 0.2) is 6.61 Å². The fourth-order valence-corrected chi connectivity index (χ4v) is 3.18. The molecule has 1 unspecified atom stereocenters. The van der Waals surface area contributed by atoms with Crippen molar-refractivity contribution in [3.63, 3.8) is 0 Å². The molecule has 26 heavy (non-hydrogen) atoms. The molecule has 3 heteroatoms. The molecule has 0 heterocycles. The van der Waals surface area contributed by atoms with Crippen molar-refractivity contribution in [3.05, 3.63) is 69.3 Å². The number of hydrogen-bond acceptors (Lipinski definition) is 3. The fourth-order valence-electron chi connectivity index (χ4n) is 3.18. The van der Waals surface area contributed by atoms with E-state index in [0.29, 0.717) is 17.0 Å². The van der Waals surface area contributed by atoms with Gasteiger partial charge in [-0.15, -0.1) is 0 Å². The SMILES string of the molecule is CCC(C)c1ccc(C(=O)OCC(=O)c2c(C)cc(C)c(C)c2C)cc1. The van der Waals surface area contributed by atoms with Gasteiger partial charge in [-0.1, -0.05) is 32.0 Å². The number of ketones is 1. The summed E-state index contributed by atoms with van der Waals surface area (Å²) in [7, 11) is 0. The molecule has 0 N–H and O–H groups in total. The zero-order valence-corrected chi connectivity index (χ0v) is 16.6. The summed E-state index contributed by atoms with van der Waals surface area (Å²) >= 11 is 0. The predicted octanol–water partition coefficient (Wildman–Crippen LogP) is 5.47. The van der Waals surface area contributed by atoms with E-state index >= 15 is 0 Å². The van der Waals surface area contributed by atoms with Crippen molar-refractivity contribution < 1.29 is 14.3 Å². The van der Waals surface area contributed by atoms with Crippen LogP contribution in [0, 0.1) is 27.7 Å². The number of benzene rings is 2. The van der Waals surface area contributed by atoms with Crippen LogP contribution < -0.4 is 0 Å². The Kier molecular flexibility index (Phi) is 6.36. The second-order valence-corrected chi connectivity index (χ2v) is 7.07. The van der Waals surface area contributed by atoms with Crippen LogP contribution in [0.5, 0.6) is 0 Å². The number of carbonyl (C=O) groups is 2. The van der Waals surface area contributed by atoms with E-state index in [4.69, 9.17) is 4.74 Å². The Morgan fingerprint density at radius 1 is 0.962 bits per heavy atom. The molecule has 1 atom stereocenters. The van der Waals surface area contributed by atoms with Crippen LogP contribution in [0.25, 0.3) is 0 Å². The molecule has 2 rings (SSSR count). The third kappa shape index (κ3) is 4.21. The maximum Gasteiger partial charge on any atom is 0.338 e. The molecule has 0 spiro atoms. The molecule has 0 aromatic heterocycles. The van der Waals surface area contributed by atoms with Gasteiger partial charge in [0.25, 0.3) is 0 Å². The van der Waals surface area contributed by atoms with Crippen LogP contribution in [0.4, 0.5) is 0 Å². The van der Waals surface area contributed by atoms with Crippen molar-refractivity contribution in [1.29, 1.82) is 0 Å². The minimum atomic E-state index is -0.465. The number of hydrogen-bond donors (Lipinski definition) is 0. The van der Waals surface area contributed by atoms with Gasteiger partial charge in [-0.25, -0.2) is 4.79 Å². The first-order valence-corrected chi connectivity index (χ1v) is 9.13. The highest BCUT2D eigenvalue weighted by molar-refractivity contribution is 6.01. The largest absolute Gasteiger partial charge is 0.454 e. The third-order valence-electron chi connectivity index (χ3n) is 5.30. The van der Waals surface area contributed by atoms with E-state index in [1.165, 1.54) is 5.56 Å². The summed E-state index contributed by atoms with van der Waals surface area (Å²) in [6.45, 7) is 11.9. The normalized spacial score (nSPS) is 11.9. The van der Waals surface area contributed by atoms with Gasteiger partial charge in [0.1, 0.15) is 0 Å². The van der Waals surface area contributed by atoms with Crippen molar-refractivity contribution in [1.82, 2.24) is 0 Å². The molecule has 2 aromatic rings. The summed E-state index contributed by atoms with van der Waals surface area (Å²) in [6, 6.07) is 9.43. The van der Waals surface area contributed by atoms with Crippen molar-refractivity contribution >= 4 is 11.8 Å². The summed E-state index contributed by atoms with van der Waals surface area (Å²) < 4.78 is 5.26. The molecule has 0 aliphatic heterocycles. The lowest BCUT2D eigenvalue weighted by Crippen LogP contribution is -2.17. The second kappa shape index (κ2) is 8.31. The van der Waals surface area contributed by atoms with E-state index in [9.17, 15) is 9.59 Å². The molecule has 3 nitrogen and oxygen atoms in total. The number of ether oxygens (including phenoxy) is 1. The van der Waals surface area contributed by atoms with Gasteiger partial charge >= 0.3 is 5.97 Å². The van der Waals surface area contributed by atoms with Crippen LogP contribution in [0.15, 0.2) is 30.3 Å². The number of esters is 1. The smallest absolute Gasteiger partial charge is 0.338 e. The minimum absolute atomic E-state index is 0.160. The van der Waals surface area contributed by atoms with E-state index in [0.717, 1.165) is 28.7 Å². The summed E-state index contributed by atoms with van der Waals surface area (Å²) in [5.41, 5.74) is 6.47. The summed E-state index contributed by atoms with van der Waals surface area (Å²) in [4.78, 5) is 24.8. The van der Waals surface area contributed by atoms with Crippen molar-refractivity contribution in [2.45, 2.75) is 53.9 Å². The topological polar surface area (TPSA) is 43.4 Å². The molecule has 0 aliphatic carbocycles. The monoisotopic (exact) mass is 352 g/mol. The molecule has 0 amide bonds.